The van der Waals surface area contributed by atoms with E-state index in [-0.39, 0.29) is 11.9 Å². The number of nitrogens with zero attached hydrogens (tertiary/aromatic N) is 1. The molecule has 2 rings (SSSR count). The van der Waals surface area contributed by atoms with Crippen molar-refractivity contribution in [3.05, 3.63) is 22.4 Å². The monoisotopic (exact) mass is 311 g/mol. The third-order valence-electron chi connectivity index (χ3n) is 3.68. The Morgan fingerprint density at radius 1 is 1.48 bits per heavy atom. The molecule has 5 nitrogen and oxygen atoms in total. The van der Waals surface area contributed by atoms with Crippen LogP contribution in [-0.2, 0) is 9.53 Å². The van der Waals surface area contributed by atoms with Crippen LogP contribution in [0.2, 0.25) is 0 Å². The topological polar surface area (TPSA) is 53.6 Å². The van der Waals surface area contributed by atoms with E-state index < -0.39 is 0 Å². The van der Waals surface area contributed by atoms with Crippen molar-refractivity contribution < 1.29 is 9.53 Å². The van der Waals surface area contributed by atoms with Crippen LogP contribution in [0.1, 0.15) is 23.8 Å². The third-order valence-corrected chi connectivity index (χ3v) is 4.65. The Bertz CT molecular complexity index is 405. The zero-order valence-electron chi connectivity index (χ0n) is 12.6. The first-order chi connectivity index (χ1) is 10.3. The molecule has 0 bridgehead atoms. The Hall–Kier alpha value is -0.950. The fourth-order valence-electron chi connectivity index (χ4n) is 2.50. The van der Waals surface area contributed by atoms with E-state index in [1.807, 2.05) is 7.05 Å². The molecule has 1 atom stereocenters. The van der Waals surface area contributed by atoms with E-state index in [0.717, 1.165) is 39.3 Å². The Morgan fingerprint density at radius 2 is 2.29 bits per heavy atom. The number of carbonyl (C=O) groups excluding carboxylic acids is 1. The lowest BCUT2D eigenvalue weighted by Crippen LogP contribution is -2.43. The molecule has 1 aliphatic heterocycles. The number of amides is 1. The molecule has 2 N–H and O–H groups in total. The van der Waals surface area contributed by atoms with Gasteiger partial charge in [0.15, 0.2) is 0 Å². The molecule has 1 saturated heterocycles. The fraction of sp³-hybridized carbons (Fsp3) is 0.667. The van der Waals surface area contributed by atoms with E-state index >= 15 is 0 Å². The van der Waals surface area contributed by atoms with Crippen molar-refractivity contribution in [3.63, 3.8) is 0 Å². The van der Waals surface area contributed by atoms with E-state index in [1.54, 1.807) is 11.3 Å². The number of carbonyl (C=O) groups is 1. The zero-order chi connectivity index (χ0) is 14.9. The highest BCUT2D eigenvalue weighted by atomic mass is 32.1. The average Bonchev–Trinajstić information content (AvgIpc) is 3.03. The van der Waals surface area contributed by atoms with Gasteiger partial charge in [-0.3, -0.25) is 9.69 Å². The smallest absolute Gasteiger partial charge is 0.220 e. The lowest BCUT2D eigenvalue weighted by molar-refractivity contribution is -0.121. The van der Waals surface area contributed by atoms with Gasteiger partial charge in [-0.25, -0.2) is 0 Å². The van der Waals surface area contributed by atoms with Gasteiger partial charge in [0.1, 0.15) is 0 Å². The first kappa shape index (κ1) is 16.4. The van der Waals surface area contributed by atoms with Crippen molar-refractivity contribution in [3.8, 4) is 0 Å². The van der Waals surface area contributed by atoms with Crippen molar-refractivity contribution >= 4 is 17.2 Å². The second-order valence-corrected chi connectivity index (χ2v) is 6.17. The maximum Gasteiger partial charge on any atom is 0.220 e. The van der Waals surface area contributed by atoms with Crippen LogP contribution in [-0.4, -0.2) is 57.2 Å². The predicted molar refractivity (Wildman–Crippen MR) is 85.6 cm³/mol. The van der Waals surface area contributed by atoms with E-state index in [0.29, 0.717) is 13.0 Å². The van der Waals surface area contributed by atoms with Crippen LogP contribution in [0, 0.1) is 0 Å². The first-order valence-electron chi connectivity index (χ1n) is 7.57. The maximum absolute atomic E-state index is 11.9. The normalized spacial score (nSPS) is 17.6. The Morgan fingerprint density at radius 3 is 2.95 bits per heavy atom. The van der Waals surface area contributed by atoms with Gasteiger partial charge in [0, 0.05) is 30.9 Å². The van der Waals surface area contributed by atoms with Gasteiger partial charge in [0.05, 0.1) is 19.3 Å². The molecule has 1 fully saturated rings. The Labute approximate surface area is 130 Å². The number of ether oxygens (including phenoxy) is 1. The molecule has 1 amide bonds. The summed E-state index contributed by atoms with van der Waals surface area (Å²) < 4.78 is 5.43. The second-order valence-electron chi connectivity index (χ2n) is 5.19. The first-order valence-corrected chi connectivity index (χ1v) is 8.45. The molecule has 1 aliphatic rings. The van der Waals surface area contributed by atoms with Gasteiger partial charge in [-0.1, -0.05) is 6.07 Å². The van der Waals surface area contributed by atoms with Gasteiger partial charge in [0.25, 0.3) is 0 Å². The van der Waals surface area contributed by atoms with Crippen LogP contribution in [0.4, 0.5) is 0 Å². The van der Waals surface area contributed by atoms with Gasteiger partial charge < -0.3 is 15.4 Å². The zero-order valence-corrected chi connectivity index (χ0v) is 13.5. The van der Waals surface area contributed by atoms with Crippen LogP contribution < -0.4 is 10.6 Å². The molecule has 0 aliphatic carbocycles. The Kier molecular flexibility index (Phi) is 7.15. The van der Waals surface area contributed by atoms with Crippen molar-refractivity contribution in [2.45, 2.75) is 18.9 Å². The highest BCUT2D eigenvalue weighted by Gasteiger charge is 2.23. The van der Waals surface area contributed by atoms with Gasteiger partial charge in [-0.15, -0.1) is 11.3 Å². The van der Waals surface area contributed by atoms with Crippen molar-refractivity contribution in [2.24, 2.45) is 0 Å². The SMILES string of the molecule is CNCCCC(=O)NCC(c1cccs1)N1CCOCC1. The fourth-order valence-corrected chi connectivity index (χ4v) is 3.37. The molecule has 2 heterocycles. The standard InChI is InChI=1S/C15H25N3O2S/c1-16-6-2-5-15(19)17-12-13(14-4-3-11-21-14)18-7-9-20-10-8-18/h3-4,11,13,16H,2,5-10,12H2,1H3,(H,17,19). The number of hydrogen-bond acceptors (Lipinski definition) is 5. The minimum Gasteiger partial charge on any atom is -0.379 e. The van der Waals surface area contributed by atoms with Crippen molar-refractivity contribution in [2.75, 3.05) is 46.4 Å². The highest BCUT2D eigenvalue weighted by Crippen LogP contribution is 2.25. The van der Waals surface area contributed by atoms with Gasteiger partial charge in [-0.05, 0) is 31.5 Å². The molecular formula is C15H25N3O2S. The van der Waals surface area contributed by atoms with Gasteiger partial charge in [-0.2, -0.15) is 0 Å². The highest BCUT2D eigenvalue weighted by molar-refractivity contribution is 7.10. The summed E-state index contributed by atoms with van der Waals surface area (Å²) in [6.07, 6.45) is 1.46. The molecule has 1 unspecified atom stereocenters. The van der Waals surface area contributed by atoms with Crippen LogP contribution >= 0.6 is 11.3 Å². The summed E-state index contributed by atoms with van der Waals surface area (Å²) >= 11 is 1.75. The minimum absolute atomic E-state index is 0.139. The summed E-state index contributed by atoms with van der Waals surface area (Å²) in [5.74, 6) is 0.139. The molecular weight excluding hydrogens is 286 g/mol. The molecule has 0 radical (unpaired) electrons. The lowest BCUT2D eigenvalue weighted by Gasteiger charge is -2.34. The van der Waals surface area contributed by atoms with Crippen LogP contribution in [0.25, 0.3) is 0 Å². The maximum atomic E-state index is 11.9. The second kappa shape index (κ2) is 9.15. The van der Waals surface area contributed by atoms with E-state index in [9.17, 15) is 4.79 Å². The van der Waals surface area contributed by atoms with E-state index in [1.165, 1.54) is 4.88 Å². The lowest BCUT2D eigenvalue weighted by atomic mass is 10.2. The summed E-state index contributed by atoms with van der Waals surface area (Å²) in [6.45, 7) is 4.97. The molecule has 1 aromatic rings. The molecule has 0 aromatic carbocycles. The number of hydrogen-bond donors (Lipinski definition) is 2. The molecule has 118 valence electrons. The van der Waals surface area contributed by atoms with Gasteiger partial charge >= 0.3 is 0 Å². The number of morpholine rings is 1. The predicted octanol–water partition coefficient (Wildman–Crippen LogP) is 1.24. The third kappa shape index (κ3) is 5.39. The van der Waals surface area contributed by atoms with E-state index in [4.69, 9.17) is 4.74 Å². The largest absolute Gasteiger partial charge is 0.379 e. The minimum atomic E-state index is 0.139. The molecule has 6 heteroatoms. The quantitative estimate of drug-likeness (QED) is 0.709. The summed E-state index contributed by atoms with van der Waals surface area (Å²) in [4.78, 5) is 15.6. The Balaban J connectivity index is 1.86. The van der Waals surface area contributed by atoms with E-state index in [2.05, 4.69) is 33.0 Å². The van der Waals surface area contributed by atoms with Gasteiger partial charge in [0.2, 0.25) is 5.91 Å². The number of nitrogens with one attached hydrogen (secondary N) is 2. The van der Waals surface area contributed by atoms with Crippen LogP contribution in [0.15, 0.2) is 17.5 Å². The summed E-state index contributed by atoms with van der Waals surface area (Å²) in [5.41, 5.74) is 0. The number of thiophene rings is 1. The molecule has 21 heavy (non-hydrogen) atoms. The van der Waals surface area contributed by atoms with Crippen molar-refractivity contribution in [1.82, 2.24) is 15.5 Å². The summed E-state index contributed by atoms with van der Waals surface area (Å²) in [6, 6.07) is 4.49. The van der Waals surface area contributed by atoms with Crippen LogP contribution in [0.5, 0.6) is 0 Å². The summed E-state index contributed by atoms with van der Waals surface area (Å²) in [7, 11) is 1.91. The van der Waals surface area contributed by atoms with Crippen molar-refractivity contribution in [1.29, 1.82) is 0 Å². The average molecular weight is 311 g/mol. The number of rotatable bonds is 8. The molecule has 1 aromatic heterocycles. The van der Waals surface area contributed by atoms with Crippen LogP contribution in [0.3, 0.4) is 0 Å². The summed E-state index contributed by atoms with van der Waals surface area (Å²) in [5, 5.41) is 8.24. The molecule has 0 spiro atoms. The molecule has 0 saturated carbocycles.